The summed E-state index contributed by atoms with van der Waals surface area (Å²) >= 11 is 0. The van der Waals surface area contributed by atoms with E-state index in [4.69, 9.17) is 10.5 Å². The smallest absolute Gasteiger partial charge is 0.266 e. The molecule has 0 spiro atoms. The Kier molecular flexibility index (Phi) is 11.2. The van der Waals surface area contributed by atoms with Crippen LogP contribution in [-0.4, -0.2) is 67.1 Å². The van der Waals surface area contributed by atoms with E-state index in [1.165, 1.54) is 24.3 Å². The number of nitrogens with zero attached hydrogens (tertiary/aromatic N) is 2. The number of unbranched alkanes of at least 4 members (excludes halogenated alkanes) is 1. The van der Waals surface area contributed by atoms with Gasteiger partial charge in [0.05, 0.1) is 4.90 Å². The summed E-state index contributed by atoms with van der Waals surface area (Å²) in [6.07, 6.45) is 1.18. The zero-order valence-corrected chi connectivity index (χ0v) is 20.6. The number of hydrogen-bond donors (Lipinski definition) is 2. The molecule has 0 aromatic heterocycles. The fourth-order valence-electron chi connectivity index (χ4n) is 3.33. The Hall–Kier alpha value is -2.12. The number of ether oxygens (including phenoxy) is 1. The third-order valence-electron chi connectivity index (χ3n) is 5.43. The second kappa shape index (κ2) is 12.8. The molecule has 1 rings (SSSR count). The SMILES string of the molecule is CC#CCOc1ccc(S(=O)(=O)N(CCCCN(CC)CC)C(O)(C(N)=O)C(C)C)cc1. The van der Waals surface area contributed by atoms with Gasteiger partial charge in [0.25, 0.3) is 5.91 Å². The number of hydrogen-bond acceptors (Lipinski definition) is 6. The van der Waals surface area contributed by atoms with Gasteiger partial charge in [-0.25, -0.2) is 8.42 Å². The summed E-state index contributed by atoms with van der Waals surface area (Å²) in [6.45, 7) is 11.7. The van der Waals surface area contributed by atoms with Gasteiger partial charge in [-0.15, -0.1) is 5.92 Å². The molecule has 0 saturated carbocycles. The first-order valence-electron chi connectivity index (χ1n) is 11.0. The minimum Gasteiger partial charge on any atom is -0.481 e. The highest BCUT2D eigenvalue weighted by Gasteiger charge is 2.49. The Morgan fingerprint density at radius 1 is 1.16 bits per heavy atom. The van der Waals surface area contributed by atoms with Gasteiger partial charge >= 0.3 is 0 Å². The van der Waals surface area contributed by atoms with E-state index in [1.54, 1.807) is 20.8 Å². The van der Waals surface area contributed by atoms with Crippen molar-refractivity contribution in [2.24, 2.45) is 11.7 Å². The molecular weight excluding hydrogens is 430 g/mol. The highest BCUT2D eigenvalue weighted by atomic mass is 32.2. The van der Waals surface area contributed by atoms with Crippen molar-refractivity contribution in [3.8, 4) is 17.6 Å². The zero-order chi connectivity index (χ0) is 24.4. The molecule has 180 valence electrons. The van der Waals surface area contributed by atoms with Crippen molar-refractivity contribution in [3.63, 3.8) is 0 Å². The topological polar surface area (TPSA) is 113 Å². The Morgan fingerprint density at radius 2 is 1.72 bits per heavy atom. The molecule has 8 nitrogen and oxygen atoms in total. The Balaban J connectivity index is 3.20. The molecule has 0 aliphatic carbocycles. The van der Waals surface area contributed by atoms with Gasteiger partial charge in [-0.1, -0.05) is 33.6 Å². The second-order valence-electron chi connectivity index (χ2n) is 7.74. The molecule has 0 bridgehead atoms. The van der Waals surface area contributed by atoms with Crippen LogP contribution in [0.5, 0.6) is 5.75 Å². The molecule has 0 heterocycles. The molecule has 1 atom stereocenters. The van der Waals surface area contributed by atoms with Crippen molar-refractivity contribution in [1.82, 2.24) is 9.21 Å². The van der Waals surface area contributed by atoms with Crippen LogP contribution in [0.3, 0.4) is 0 Å². The van der Waals surface area contributed by atoms with Crippen LogP contribution in [0.2, 0.25) is 0 Å². The van der Waals surface area contributed by atoms with Crippen LogP contribution in [0.1, 0.15) is 47.5 Å². The van der Waals surface area contributed by atoms with Gasteiger partial charge in [0.15, 0.2) is 0 Å². The first-order chi connectivity index (χ1) is 15.0. The third-order valence-corrected chi connectivity index (χ3v) is 7.34. The monoisotopic (exact) mass is 467 g/mol. The van der Waals surface area contributed by atoms with Crippen LogP contribution in [0.4, 0.5) is 0 Å². The van der Waals surface area contributed by atoms with Crippen LogP contribution in [-0.2, 0) is 14.8 Å². The van der Waals surface area contributed by atoms with Gasteiger partial charge in [0, 0.05) is 12.5 Å². The maximum absolute atomic E-state index is 13.5. The van der Waals surface area contributed by atoms with E-state index in [-0.39, 0.29) is 18.0 Å². The number of carbonyl (C=O) groups excluding carboxylic acids is 1. The number of sulfonamides is 1. The van der Waals surface area contributed by atoms with Gasteiger partial charge in [0.1, 0.15) is 12.4 Å². The number of amides is 1. The van der Waals surface area contributed by atoms with Gasteiger partial charge < -0.3 is 20.5 Å². The second-order valence-corrected chi connectivity index (χ2v) is 9.61. The summed E-state index contributed by atoms with van der Waals surface area (Å²) < 4.78 is 33.2. The number of benzene rings is 1. The lowest BCUT2D eigenvalue weighted by Crippen LogP contribution is -2.62. The Bertz CT molecular complexity index is 886. The standard InChI is InChI=1S/C23H37N3O5S/c1-6-9-18-31-20-12-14-21(15-13-20)32(29,30)26(23(28,19(4)5)22(24)27)17-11-10-16-25(7-2)8-3/h12-15,19,28H,7-8,10-11,16-18H2,1-5H3,(H2,24,27). The fourth-order valence-corrected chi connectivity index (χ4v) is 5.10. The summed E-state index contributed by atoms with van der Waals surface area (Å²) in [7, 11) is -4.22. The molecule has 0 fully saturated rings. The van der Waals surface area contributed by atoms with Crippen molar-refractivity contribution in [3.05, 3.63) is 24.3 Å². The van der Waals surface area contributed by atoms with Crippen LogP contribution in [0.15, 0.2) is 29.2 Å². The van der Waals surface area contributed by atoms with Crippen molar-refractivity contribution >= 4 is 15.9 Å². The molecule has 1 aromatic rings. The van der Waals surface area contributed by atoms with Gasteiger partial charge in [0.2, 0.25) is 15.7 Å². The van der Waals surface area contributed by atoms with Crippen molar-refractivity contribution in [2.75, 3.05) is 32.8 Å². The lowest BCUT2D eigenvalue weighted by Gasteiger charge is -2.39. The molecule has 1 unspecified atom stereocenters. The van der Waals surface area contributed by atoms with E-state index >= 15 is 0 Å². The molecule has 0 aliphatic rings. The lowest BCUT2D eigenvalue weighted by atomic mass is 9.98. The number of nitrogens with two attached hydrogens (primary N) is 1. The molecule has 0 saturated heterocycles. The molecule has 1 aromatic carbocycles. The van der Waals surface area contributed by atoms with Crippen LogP contribution < -0.4 is 10.5 Å². The average molecular weight is 468 g/mol. The third kappa shape index (κ3) is 6.94. The summed E-state index contributed by atoms with van der Waals surface area (Å²) in [5.74, 6) is 4.10. The first kappa shape index (κ1) is 27.9. The average Bonchev–Trinajstić information content (AvgIpc) is 2.76. The maximum Gasteiger partial charge on any atom is 0.266 e. The predicted molar refractivity (Wildman–Crippen MR) is 125 cm³/mol. The normalized spacial score (nSPS) is 13.7. The lowest BCUT2D eigenvalue weighted by molar-refractivity contribution is -0.158. The minimum absolute atomic E-state index is 0.0361. The molecule has 0 radical (unpaired) electrons. The quantitative estimate of drug-likeness (QED) is 0.246. The molecule has 9 heteroatoms. The minimum atomic E-state index is -4.22. The molecule has 0 aliphatic heterocycles. The summed E-state index contributed by atoms with van der Waals surface area (Å²) in [5.41, 5.74) is 3.15. The van der Waals surface area contributed by atoms with E-state index in [0.717, 1.165) is 23.9 Å². The Labute approximate surface area is 192 Å². The number of primary amides is 1. The summed E-state index contributed by atoms with van der Waals surface area (Å²) in [4.78, 5) is 14.4. The Morgan fingerprint density at radius 3 is 2.19 bits per heavy atom. The largest absolute Gasteiger partial charge is 0.481 e. The summed E-state index contributed by atoms with van der Waals surface area (Å²) in [6, 6.07) is 5.80. The highest BCUT2D eigenvalue weighted by molar-refractivity contribution is 7.89. The fraction of sp³-hybridized carbons (Fsp3) is 0.609. The van der Waals surface area contributed by atoms with Crippen molar-refractivity contribution in [1.29, 1.82) is 0 Å². The van der Waals surface area contributed by atoms with Crippen molar-refractivity contribution in [2.45, 2.75) is 58.1 Å². The van der Waals surface area contributed by atoms with E-state index in [2.05, 4.69) is 30.6 Å². The molecule has 3 N–H and O–H groups in total. The van der Waals surface area contributed by atoms with Gasteiger partial charge in [-0.3, -0.25) is 4.79 Å². The molecular formula is C23H37N3O5S. The number of aliphatic hydroxyl groups is 1. The maximum atomic E-state index is 13.5. The molecule has 32 heavy (non-hydrogen) atoms. The van der Waals surface area contributed by atoms with Crippen molar-refractivity contribution < 1.29 is 23.1 Å². The summed E-state index contributed by atoms with van der Waals surface area (Å²) in [5, 5.41) is 11.1. The van der Waals surface area contributed by atoms with Gasteiger partial charge in [-0.2, -0.15) is 4.31 Å². The highest BCUT2D eigenvalue weighted by Crippen LogP contribution is 2.30. The van der Waals surface area contributed by atoms with E-state index in [0.29, 0.717) is 18.6 Å². The van der Waals surface area contributed by atoms with E-state index in [9.17, 15) is 18.3 Å². The van der Waals surface area contributed by atoms with E-state index in [1.807, 2.05) is 0 Å². The van der Waals surface area contributed by atoms with Crippen LogP contribution in [0, 0.1) is 17.8 Å². The van der Waals surface area contributed by atoms with E-state index < -0.39 is 27.6 Å². The number of carbonyl (C=O) groups is 1. The predicted octanol–water partition coefficient (Wildman–Crippen LogP) is 2.03. The zero-order valence-electron chi connectivity index (χ0n) is 19.8. The first-order valence-corrected chi connectivity index (χ1v) is 12.4. The number of rotatable bonds is 14. The van der Waals surface area contributed by atoms with Crippen LogP contribution in [0.25, 0.3) is 0 Å². The van der Waals surface area contributed by atoms with Gasteiger partial charge in [-0.05, 0) is 63.7 Å². The van der Waals surface area contributed by atoms with Crippen LogP contribution >= 0.6 is 0 Å². The molecule has 1 amide bonds.